The van der Waals surface area contributed by atoms with Gasteiger partial charge >= 0.3 is 0 Å². The lowest BCUT2D eigenvalue weighted by atomic mass is 10.0. The summed E-state index contributed by atoms with van der Waals surface area (Å²) in [7, 11) is 1.96. The molecule has 0 aliphatic rings. The van der Waals surface area contributed by atoms with Crippen LogP contribution in [-0.2, 0) is 6.42 Å². The molecule has 0 aromatic carbocycles. The molecule has 0 amide bonds. The second-order valence-electron chi connectivity index (χ2n) is 4.59. The van der Waals surface area contributed by atoms with Crippen LogP contribution in [0.25, 0.3) is 10.2 Å². The predicted molar refractivity (Wildman–Crippen MR) is 84.4 cm³/mol. The van der Waals surface area contributed by atoms with E-state index < -0.39 is 0 Å². The van der Waals surface area contributed by atoms with Gasteiger partial charge in [-0.05, 0) is 48.2 Å². The van der Waals surface area contributed by atoms with Gasteiger partial charge in [0.25, 0.3) is 0 Å². The molecule has 0 bridgehead atoms. The molecule has 1 N–H and O–H groups in total. The van der Waals surface area contributed by atoms with Crippen molar-refractivity contribution in [3.05, 3.63) is 58.3 Å². The molecule has 3 heterocycles. The largest absolute Gasteiger partial charge is 0.313 e. The molecule has 3 nitrogen and oxygen atoms in total. The van der Waals surface area contributed by atoms with E-state index in [1.54, 1.807) is 23.7 Å². The Hall–Kier alpha value is -1.49. The maximum Gasteiger partial charge on any atom is 0.0809 e. The van der Waals surface area contributed by atoms with Crippen LogP contribution >= 0.6 is 22.9 Å². The molecule has 3 aromatic rings. The van der Waals surface area contributed by atoms with Crippen molar-refractivity contribution >= 4 is 33.2 Å². The molecular weight excluding hydrogens is 290 g/mol. The van der Waals surface area contributed by atoms with Gasteiger partial charge in [0.2, 0.25) is 0 Å². The molecule has 3 aromatic heterocycles. The average Bonchev–Trinajstić information content (AvgIpc) is 2.94. The van der Waals surface area contributed by atoms with Gasteiger partial charge in [-0.2, -0.15) is 0 Å². The topological polar surface area (TPSA) is 37.8 Å². The number of fused-ring (bicyclic) bond motifs is 1. The van der Waals surface area contributed by atoms with E-state index in [1.807, 2.05) is 25.4 Å². The summed E-state index contributed by atoms with van der Waals surface area (Å²) >= 11 is 7.90. The fraction of sp³-hybridized carbons (Fsp3) is 0.200. The van der Waals surface area contributed by atoms with Crippen molar-refractivity contribution in [2.45, 2.75) is 12.5 Å². The molecule has 0 fully saturated rings. The van der Waals surface area contributed by atoms with Gasteiger partial charge in [-0.25, -0.2) is 0 Å². The first-order valence-corrected chi connectivity index (χ1v) is 7.62. The SMILES string of the molecule is CNC(Cc1ccncc1Cl)c1cnc2ccsc2c1. The molecule has 0 radical (unpaired) electrons. The summed E-state index contributed by atoms with van der Waals surface area (Å²) in [5.41, 5.74) is 3.32. The lowest BCUT2D eigenvalue weighted by Gasteiger charge is -2.17. The van der Waals surface area contributed by atoms with E-state index in [4.69, 9.17) is 11.6 Å². The number of nitrogens with zero attached hydrogens (tertiary/aromatic N) is 2. The first kappa shape index (κ1) is 13.5. The smallest absolute Gasteiger partial charge is 0.0809 e. The summed E-state index contributed by atoms with van der Waals surface area (Å²) < 4.78 is 1.21. The van der Waals surface area contributed by atoms with Gasteiger partial charge in [-0.3, -0.25) is 9.97 Å². The van der Waals surface area contributed by atoms with Gasteiger partial charge in [-0.1, -0.05) is 11.6 Å². The Labute approximate surface area is 126 Å². The minimum absolute atomic E-state index is 0.189. The number of halogens is 1. The molecule has 1 unspecified atom stereocenters. The third-order valence-corrected chi connectivity index (χ3v) is 4.55. The maximum atomic E-state index is 6.19. The van der Waals surface area contributed by atoms with Crippen molar-refractivity contribution in [1.82, 2.24) is 15.3 Å². The Bertz CT molecular complexity index is 726. The highest BCUT2D eigenvalue weighted by molar-refractivity contribution is 7.17. The molecule has 0 saturated carbocycles. The average molecular weight is 304 g/mol. The van der Waals surface area contributed by atoms with Crippen LogP contribution in [0.3, 0.4) is 0 Å². The Morgan fingerprint density at radius 3 is 3.05 bits per heavy atom. The Kier molecular flexibility index (Phi) is 3.96. The Balaban J connectivity index is 1.91. The lowest BCUT2D eigenvalue weighted by Crippen LogP contribution is -2.19. The number of thiophene rings is 1. The third-order valence-electron chi connectivity index (χ3n) is 3.36. The number of likely N-dealkylation sites (N-methyl/N-ethyl adjacent to an activating group) is 1. The number of rotatable bonds is 4. The predicted octanol–water partition coefficient (Wildman–Crippen LogP) is 3.85. The van der Waals surface area contributed by atoms with Crippen molar-refractivity contribution in [1.29, 1.82) is 0 Å². The van der Waals surface area contributed by atoms with Crippen LogP contribution in [0.1, 0.15) is 17.2 Å². The van der Waals surface area contributed by atoms with Crippen molar-refractivity contribution in [3.63, 3.8) is 0 Å². The summed E-state index contributed by atoms with van der Waals surface area (Å²) in [6.45, 7) is 0. The van der Waals surface area contributed by atoms with Crippen LogP contribution in [0.15, 0.2) is 42.2 Å². The number of nitrogens with one attached hydrogen (secondary N) is 1. The van der Waals surface area contributed by atoms with Crippen molar-refractivity contribution in [3.8, 4) is 0 Å². The van der Waals surface area contributed by atoms with Crippen molar-refractivity contribution < 1.29 is 0 Å². The highest BCUT2D eigenvalue weighted by atomic mass is 35.5. The quantitative estimate of drug-likeness (QED) is 0.795. The monoisotopic (exact) mass is 303 g/mol. The standard InChI is InChI=1S/C15H14ClN3S/c1-17-14(6-10-2-4-18-9-12(10)16)11-7-15-13(19-8-11)3-5-20-15/h2-5,7-9,14,17H,6H2,1H3. The van der Waals surface area contributed by atoms with E-state index in [2.05, 4.69) is 26.7 Å². The van der Waals surface area contributed by atoms with Crippen LogP contribution in [0.5, 0.6) is 0 Å². The van der Waals surface area contributed by atoms with Crippen LogP contribution < -0.4 is 5.32 Å². The molecule has 1 atom stereocenters. The fourth-order valence-corrected chi connectivity index (χ4v) is 3.21. The molecule has 3 rings (SSSR count). The van der Waals surface area contributed by atoms with E-state index >= 15 is 0 Å². The van der Waals surface area contributed by atoms with Gasteiger partial charge in [0.15, 0.2) is 0 Å². The molecule has 20 heavy (non-hydrogen) atoms. The van der Waals surface area contributed by atoms with Gasteiger partial charge in [0, 0.05) is 24.6 Å². The zero-order valence-electron chi connectivity index (χ0n) is 11.0. The number of hydrogen-bond acceptors (Lipinski definition) is 4. The van der Waals surface area contributed by atoms with Crippen LogP contribution in [0.2, 0.25) is 5.02 Å². The molecule has 102 valence electrons. The molecule has 0 saturated heterocycles. The van der Waals surface area contributed by atoms with Crippen LogP contribution in [0.4, 0.5) is 0 Å². The van der Waals surface area contributed by atoms with Gasteiger partial charge < -0.3 is 5.32 Å². The second-order valence-corrected chi connectivity index (χ2v) is 5.94. The van der Waals surface area contributed by atoms with Crippen molar-refractivity contribution in [2.24, 2.45) is 0 Å². The van der Waals surface area contributed by atoms with E-state index in [-0.39, 0.29) is 6.04 Å². The van der Waals surface area contributed by atoms with E-state index in [9.17, 15) is 0 Å². The number of pyridine rings is 2. The Morgan fingerprint density at radius 1 is 1.35 bits per heavy atom. The van der Waals surface area contributed by atoms with E-state index in [0.29, 0.717) is 5.02 Å². The molecule has 0 spiro atoms. The number of hydrogen-bond donors (Lipinski definition) is 1. The molecule has 5 heteroatoms. The first-order valence-electron chi connectivity index (χ1n) is 6.36. The first-order chi connectivity index (χ1) is 9.78. The summed E-state index contributed by atoms with van der Waals surface area (Å²) in [5, 5.41) is 6.11. The highest BCUT2D eigenvalue weighted by Crippen LogP contribution is 2.26. The van der Waals surface area contributed by atoms with Crippen LogP contribution in [-0.4, -0.2) is 17.0 Å². The summed E-state index contributed by atoms with van der Waals surface area (Å²) in [4.78, 5) is 8.52. The van der Waals surface area contributed by atoms with Gasteiger partial charge in [-0.15, -0.1) is 11.3 Å². The minimum Gasteiger partial charge on any atom is -0.313 e. The molecule has 0 aliphatic carbocycles. The van der Waals surface area contributed by atoms with Crippen LogP contribution in [0, 0.1) is 0 Å². The Morgan fingerprint density at radius 2 is 2.25 bits per heavy atom. The lowest BCUT2D eigenvalue weighted by molar-refractivity contribution is 0.591. The zero-order chi connectivity index (χ0) is 13.9. The fourth-order valence-electron chi connectivity index (χ4n) is 2.23. The van der Waals surface area contributed by atoms with Crippen molar-refractivity contribution in [2.75, 3.05) is 7.05 Å². The summed E-state index contributed by atoms with van der Waals surface area (Å²) in [6.07, 6.45) is 6.21. The molecule has 0 aliphatic heterocycles. The van der Waals surface area contributed by atoms with Gasteiger partial charge in [0.1, 0.15) is 0 Å². The highest BCUT2D eigenvalue weighted by Gasteiger charge is 2.13. The number of aromatic nitrogens is 2. The van der Waals surface area contributed by atoms with E-state index in [0.717, 1.165) is 17.5 Å². The molecular formula is C15H14ClN3S. The third kappa shape index (κ3) is 2.68. The normalized spacial score (nSPS) is 12.7. The van der Waals surface area contributed by atoms with E-state index in [1.165, 1.54) is 10.3 Å². The second kappa shape index (κ2) is 5.87. The summed E-state index contributed by atoms with van der Waals surface area (Å²) in [5.74, 6) is 0. The van der Waals surface area contributed by atoms with Gasteiger partial charge in [0.05, 0.1) is 15.2 Å². The summed E-state index contributed by atoms with van der Waals surface area (Å²) in [6, 6.07) is 6.39. The zero-order valence-corrected chi connectivity index (χ0v) is 12.6. The maximum absolute atomic E-state index is 6.19. The minimum atomic E-state index is 0.189.